The highest BCUT2D eigenvalue weighted by Gasteiger charge is 2.45. The van der Waals surface area contributed by atoms with Crippen LogP contribution in [0, 0.1) is 0 Å². The maximum atomic E-state index is 5.23. The molecule has 0 radical (unpaired) electrons. The van der Waals surface area contributed by atoms with Gasteiger partial charge in [-0.25, -0.2) is 4.98 Å². The number of fused-ring (bicyclic) bond motifs is 2. The number of rotatable bonds is 3. The van der Waals surface area contributed by atoms with E-state index in [4.69, 9.17) is 9.40 Å². The molecule has 3 aromatic rings. The number of aromatic nitrogens is 2. The zero-order valence-electron chi connectivity index (χ0n) is 15.8. The van der Waals surface area contributed by atoms with Crippen molar-refractivity contribution in [1.29, 1.82) is 0 Å². The number of piperidine rings is 1. The first-order chi connectivity index (χ1) is 13.3. The zero-order valence-corrected chi connectivity index (χ0v) is 15.8. The Hall–Kier alpha value is -2.37. The Labute approximate surface area is 160 Å². The number of likely N-dealkylation sites (tertiary alicyclic amines) is 1. The Morgan fingerprint density at radius 3 is 2.59 bits per heavy atom. The molecule has 5 heteroatoms. The molecular formula is C22H26N4O. The molecule has 0 aliphatic carbocycles. The van der Waals surface area contributed by atoms with E-state index in [-0.39, 0.29) is 5.54 Å². The third-order valence-corrected chi connectivity index (χ3v) is 6.40. The molecule has 4 heterocycles. The predicted molar refractivity (Wildman–Crippen MR) is 105 cm³/mol. The normalized spacial score (nSPS) is 20.0. The van der Waals surface area contributed by atoms with E-state index in [0.717, 1.165) is 45.6 Å². The maximum Gasteiger partial charge on any atom is 0.129 e. The van der Waals surface area contributed by atoms with Crippen molar-refractivity contribution in [2.75, 3.05) is 26.7 Å². The Morgan fingerprint density at radius 2 is 1.85 bits per heavy atom. The van der Waals surface area contributed by atoms with E-state index in [9.17, 15) is 0 Å². The van der Waals surface area contributed by atoms with Crippen LogP contribution in [0.5, 0.6) is 0 Å². The summed E-state index contributed by atoms with van der Waals surface area (Å²) in [6, 6.07) is 12.7. The highest BCUT2D eigenvalue weighted by molar-refractivity contribution is 5.59. The lowest BCUT2D eigenvalue weighted by atomic mass is 9.83. The van der Waals surface area contributed by atoms with Crippen molar-refractivity contribution in [3.8, 4) is 11.3 Å². The summed E-state index contributed by atoms with van der Waals surface area (Å²) in [4.78, 5) is 10.0. The van der Waals surface area contributed by atoms with Gasteiger partial charge in [0.25, 0.3) is 0 Å². The fraction of sp³-hybridized carbons (Fsp3) is 0.409. The van der Waals surface area contributed by atoms with Crippen LogP contribution in [0.2, 0.25) is 0 Å². The van der Waals surface area contributed by atoms with Crippen LogP contribution in [-0.2, 0) is 18.6 Å². The minimum atomic E-state index is 0.0537. The van der Waals surface area contributed by atoms with E-state index < -0.39 is 0 Å². The largest absolute Gasteiger partial charge is 0.472 e. The minimum Gasteiger partial charge on any atom is -0.472 e. The van der Waals surface area contributed by atoms with Gasteiger partial charge in [0, 0.05) is 38.3 Å². The van der Waals surface area contributed by atoms with Crippen LogP contribution >= 0.6 is 0 Å². The number of benzene rings is 1. The summed E-state index contributed by atoms with van der Waals surface area (Å²) in [7, 11) is 2.27. The number of hydrogen-bond donors (Lipinski definition) is 0. The molecule has 0 amide bonds. The molecule has 2 aromatic heterocycles. The summed E-state index contributed by atoms with van der Waals surface area (Å²) in [6.07, 6.45) is 7.93. The van der Waals surface area contributed by atoms with Gasteiger partial charge in [0.15, 0.2) is 0 Å². The van der Waals surface area contributed by atoms with Gasteiger partial charge in [-0.3, -0.25) is 9.80 Å². The summed E-state index contributed by atoms with van der Waals surface area (Å²) < 4.78 is 7.69. The van der Waals surface area contributed by atoms with Crippen molar-refractivity contribution in [3.63, 3.8) is 0 Å². The van der Waals surface area contributed by atoms with Crippen LogP contribution in [0.25, 0.3) is 11.3 Å². The number of hydrogen-bond acceptors (Lipinski definition) is 4. The van der Waals surface area contributed by atoms with E-state index in [1.807, 2.05) is 6.26 Å². The Morgan fingerprint density at radius 1 is 1.04 bits per heavy atom. The molecule has 1 saturated heterocycles. The fourth-order valence-corrected chi connectivity index (χ4v) is 4.77. The molecule has 0 unspecified atom stereocenters. The predicted octanol–water partition coefficient (Wildman–Crippen LogP) is 3.58. The SMILES string of the molecule is CN1CCn2c(-c3ccccc3)cnc2C12CCN(Cc1ccoc1)CC2. The molecule has 0 atom stereocenters. The average molecular weight is 362 g/mol. The van der Waals surface area contributed by atoms with Crippen molar-refractivity contribution < 1.29 is 4.42 Å². The highest BCUT2D eigenvalue weighted by atomic mass is 16.3. The minimum absolute atomic E-state index is 0.0537. The summed E-state index contributed by atoms with van der Waals surface area (Å²) in [5, 5.41) is 0. The molecule has 0 N–H and O–H groups in total. The maximum absolute atomic E-state index is 5.23. The van der Waals surface area contributed by atoms with E-state index in [2.05, 4.69) is 64.0 Å². The lowest BCUT2D eigenvalue weighted by molar-refractivity contribution is 0.00697. The molecule has 5 nitrogen and oxygen atoms in total. The summed E-state index contributed by atoms with van der Waals surface area (Å²) >= 11 is 0. The molecule has 5 rings (SSSR count). The Balaban J connectivity index is 1.42. The standard InChI is InChI=1S/C22H26N4O/c1-24-12-13-26-20(19-5-3-2-4-6-19)15-23-21(26)22(24)8-10-25(11-9-22)16-18-7-14-27-17-18/h2-7,14-15,17H,8-13,16H2,1H3. The lowest BCUT2D eigenvalue weighted by Gasteiger charge is -2.49. The molecule has 140 valence electrons. The van der Waals surface area contributed by atoms with Gasteiger partial charge in [0.1, 0.15) is 5.82 Å². The zero-order chi connectivity index (χ0) is 18.3. The summed E-state index contributed by atoms with van der Waals surface area (Å²) in [5.41, 5.74) is 3.82. The second-order valence-electron chi connectivity index (χ2n) is 7.85. The summed E-state index contributed by atoms with van der Waals surface area (Å²) in [5.74, 6) is 1.25. The van der Waals surface area contributed by atoms with Crippen molar-refractivity contribution in [3.05, 3.63) is 66.5 Å². The van der Waals surface area contributed by atoms with Crippen LogP contribution in [-0.4, -0.2) is 46.0 Å². The number of imidazole rings is 1. The van der Waals surface area contributed by atoms with E-state index in [1.54, 1.807) is 6.26 Å². The molecule has 2 aliphatic rings. The van der Waals surface area contributed by atoms with Crippen molar-refractivity contribution in [1.82, 2.24) is 19.4 Å². The lowest BCUT2D eigenvalue weighted by Crippen LogP contribution is -2.56. The molecular weight excluding hydrogens is 336 g/mol. The first kappa shape index (κ1) is 16.8. The van der Waals surface area contributed by atoms with Crippen molar-refractivity contribution in [2.45, 2.75) is 31.5 Å². The van der Waals surface area contributed by atoms with E-state index in [1.165, 1.54) is 22.6 Å². The van der Waals surface area contributed by atoms with Gasteiger partial charge in [-0.05, 0) is 31.5 Å². The van der Waals surface area contributed by atoms with Gasteiger partial charge in [0.2, 0.25) is 0 Å². The first-order valence-corrected chi connectivity index (χ1v) is 9.82. The second-order valence-corrected chi connectivity index (χ2v) is 7.85. The Kier molecular flexibility index (Phi) is 4.14. The first-order valence-electron chi connectivity index (χ1n) is 9.82. The third kappa shape index (κ3) is 2.82. The molecule has 1 spiro atoms. The molecule has 2 aliphatic heterocycles. The number of likely N-dealkylation sites (N-methyl/N-ethyl adjacent to an activating group) is 1. The topological polar surface area (TPSA) is 37.4 Å². The van der Waals surface area contributed by atoms with Gasteiger partial charge >= 0.3 is 0 Å². The highest BCUT2D eigenvalue weighted by Crippen LogP contribution is 2.41. The molecule has 1 aromatic carbocycles. The van der Waals surface area contributed by atoms with Gasteiger partial charge < -0.3 is 8.98 Å². The number of furan rings is 1. The van der Waals surface area contributed by atoms with E-state index in [0.29, 0.717) is 0 Å². The summed E-state index contributed by atoms with van der Waals surface area (Å²) in [6.45, 7) is 5.23. The average Bonchev–Trinajstić information content (AvgIpc) is 3.37. The Bertz CT molecular complexity index is 892. The monoisotopic (exact) mass is 362 g/mol. The van der Waals surface area contributed by atoms with Crippen molar-refractivity contribution >= 4 is 0 Å². The van der Waals surface area contributed by atoms with Crippen LogP contribution in [0.4, 0.5) is 0 Å². The van der Waals surface area contributed by atoms with Crippen LogP contribution in [0.3, 0.4) is 0 Å². The third-order valence-electron chi connectivity index (χ3n) is 6.40. The van der Waals surface area contributed by atoms with E-state index >= 15 is 0 Å². The van der Waals surface area contributed by atoms with Crippen molar-refractivity contribution in [2.24, 2.45) is 0 Å². The van der Waals surface area contributed by atoms with Gasteiger partial charge in [0.05, 0.1) is 30.0 Å². The molecule has 0 saturated carbocycles. The van der Waals surface area contributed by atoms with Gasteiger partial charge in [-0.2, -0.15) is 0 Å². The van der Waals surface area contributed by atoms with Gasteiger partial charge in [-0.15, -0.1) is 0 Å². The quantitative estimate of drug-likeness (QED) is 0.714. The van der Waals surface area contributed by atoms with Crippen LogP contribution in [0.1, 0.15) is 24.2 Å². The fourth-order valence-electron chi connectivity index (χ4n) is 4.77. The smallest absolute Gasteiger partial charge is 0.129 e. The molecule has 27 heavy (non-hydrogen) atoms. The number of nitrogens with zero attached hydrogens (tertiary/aromatic N) is 4. The molecule has 0 bridgehead atoms. The molecule has 1 fully saturated rings. The second kappa shape index (κ2) is 6.66. The van der Waals surface area contributed by atoms with Crippen LogP contribution < -0.4 is 0 Å². The van der Waals surface area contributed by atoms with Crippen LogP contribution in [0.15, 0.2) is 59.5 Å². The van der Waals surface area contributed by atoms with Gasteiger partial charge in [-0.1, -0.05) is 30.3 Å².